The Morgan fingerprint density at radius 2 is 1.83 bits per heavy atom. The Bertz CT molecular complexity index is 1050. The lowest BCUT2D eigenvalue weighted by Crippen LogP contribution is -2.18. The van der Waals surface area contributed by atoms with Gasteiger partial charge in [-0.2, -0.15) is 0 Å². The summed E-state index contributed by atoms with van der Waals surface area (Å²) >= 11 is 1.50. The normalized spacial score (nSPS) is 13.6. The van der Waals surface area contributed by atoms with Crippen LogP contribution in [0.2, 0.25) is 0 Å². The molecule has 0 bridgehead atoms. The molecule has 1 heterocycles. The number of amides is 2. The summed E-state index contributed by atoms with van der Waals surface area (Å²) in [5.74, 6) is 0.681. The van der Waals surface area contributed by atoms with E-state index in [0.29, 0.717) is 35.0 Å². The van der Waals surface area contributed by atoms with Crippen molar-refractivity contribution in [2.24, 2.45) is 0 Å². The number of methoxy groups -OCH3 is 2. The Morgan fingerprint density at radius 1 is 1.13 bits per heavy atom. The van der Waals surface area contributed by atoms with Gasteiger partial charge in [-0.1, -0.05) is 0 Å². The third-order valence-electron chi connectivity index (χ3n) is 4.40. The molecule has 0 saturated heterocycles. The van der Waals surface area contributed by atoms with E-state index >= 15 is 0 Å². The molecule has 0 atom stereocenters. The summed E-state index contributed by atoms with van der Waals surface area (Å²) in [6, 6.07) is 9.52. The highest BCUT2D eigenvalue weighted by molar-refractivity contribution is 7.99. The van der Waals surface area contributed by atoms with Crippen LogP contribution in [0.15, 0.2) is 46.2 Å². The number of sulfone groups is 1. The number of rotatable bonds is 7. The molecule has 0 aliphatic carbocycles. The molecule has 30 heavy (non-hydrogen) atoms. The molecule has 8 nitrogen and oxygen atoms in total. The molecule has 0 saturated carbocycles. The van der Waals surface area contributed by atoms with E-state index in [1.165, 1.54) is 38.1 Å². The predicted molar refractivity (Wildman–Crippen MR) is 115 cm³/mol. The van der Waals surface area contributed by atoms with E-state index in [-0.39, 0.29) is 23.0 Å². The maximum Gasteiger partial charge on any atom is 0.225 e. The minimum absolute atomic E-state index is 0.0694. The molecule has 0 spiro atoms. The number of thioether (sulfide) groups is 1. The number of anilines is 2. The first-order chi connectivity index (χ1) is 14.3. The number of benzene rings is 2. The van der Waals surface area contributed by atoms with E-state index in [1.54, 1.807) is 24.3 Å². The van der Waals surface area contributed by atoms with Crippen molar-refractivity contribution in [3.8, 4) is 11.5 Å². The monoisotopic (exact) mass is 450 g/mol. The van der Waals surface area contributed by atoms with Crippen LogP contribution in [0.1, 0.15) is 12.8 Å². The van der Waals surface area contributed by atoms with Crippen LogP contribution in [0.25, 0.3) is 0 Å². The van der Waals surface area contributed by atoms with Gasteiger partial charge in [-0.05, 0) is 18.2 Å². The highest BCUT2D eigenvalue weighted by Crippen LogP contribution is 2.33. The van der Waals surface area contributed by atoms with Crippen molar-refractivity contribution in [1.29, 1.82) is 0 Å². The fourth-order valence-electron chi connectivity index (χ4n) is 2.84. The van der Waals surface area contributed by atoms with E-state index in [4.69, 9.17) is 9.47 Å². The number of fused-ring (bicyclic) bond motifs is 1. The molecule has 160 valence electrons. The van der Waals surface area contributed by atoms with Gasteiger partial charge in [0.15, 0.2) is 9.84 Å². The molecule has 2 aromatic rings. The molecule has 3 rings (SSSR count). The van der Waals surface area contributed by atoms with E-state index < -0.39 is 15.7 Å². The summed E-state index contributed by atoms with van der Waals surface area (Å²) in [4.78, 5) is 24.9. The zero-order valence-corrected chi connectivity index (χ0v) is 18.2. The highest BCUT2D eigenvalue weighted by Gasteiger charge is 2.20. The van der Waals surface area contributed by atoms with Crippen molar-refractivity contribution in [1.82, 2.24) is 0 Å². The van der Waals surface area contributed by atoms with Crippen LogP contribution in [-0.2, 0) is 19.4 Å². The van der Waals surface area contributed by atoms with E-state index in [1.807, 2.05) is 0 Å². The lowest BCUT2D eigenvalue weighted by molar-refractivity contribution is -0.116. The van der Waals surface area contributed by atoms with Crippen LogP contribution >= 0.6 is 11.8 Å². The van der Waals surface area contributed by atoms with Crippen LogP contribution in [0, 0.1) is 0 Å². The number of carbonyl (C=O) groups excluding carboxylic acids is 2. The molecule has 2 N–H and O–H groups in total. The van der Waals surface area contributed by atoms with E-state index in [0.717, 1.165) is 4.90 Å². The number of ether oxygens (including phenoxy) is 2. The largest absolute Gasteiger partial charge is 0.497 e. The summed E-state index contributed by atoms with van der Waals surface area (Å²) < 4.78 is 35.7. The number of carbonyl (C=O) groups is 2. The molecule has 2 aromatic carbocycles. The Morgan fingerprint density at radius 3 is 2.50 bits per heavy atom. The summed E-state index contributed by atoms with van der Waals surface area (Å²) in [5.41, 5.74) is 0.926. The van der Waals surface area contributed by atoms with Gasteiger partial charge in [-0.25, -0.2) is 8.42 Å². The lowest BCUT2D eigenvalue weighted by Gasteiger charge is -2.11. The standard InChI is InChI=1S/C20H22N2O6S2/c1-27-14-9-13(10-15(11-14)28-2)21-20(24)6-8-30(25,26)16-3-4-18-17(12-16)22-19(23)5-7-29-18/h3-4,9-12H,5-8H2,1-2H3,(H,21,24)(H,22,23). The molecule has 0 aromatic heterocycles. The van der Waals surface area contributed by atoms with Gasteiger partial charge >= 0.3 is 0 Å². The molecule has 1 aliphatic rings. The first kappa shape index (κ1) is 22.0. The Hall–Kier alpha value is -2.72. The average Bonchev–Trinajstić information content (AvgIpc) is 2.91. The SMILES string of the molecule is COc1cc(NC(=O)CCS(=O)(=O)c2ccc3c(c2)NC(=O)CCS3)cc(OC)c1. The fourth-order valence-corrected chi connectivity index (χ4v) is 5.04. The summed E-state index contributed by atoms with van der Waals surface area (Å²) in [6.07, 6.45) is 0.150. The predicted octanol–water partition coefficient (Wildman–Crippen LogP) is 2.94. The molecule has 10 heteroatoms. The van der Waals surface area contributed by atoms with Crippen molar-refractivity contribution >= 4 is 44.8 Å². The lowest BCUT2D eigenvalue weighted by atomic mass is 10.2. The molecule has 2 amide bonds. The molecule has 0 fully saturated rings. The van der Waals surface area contributed by atoms with Crippen molar-refractivity contribution < 1.29 is 27.5 Å². The second kappa shape index (κ2) is 9.40. The van der Waals surface area contributed by atoms with Crippen LogP contribution in [0.4, 0.5) is 11.4 Å². The third kappa shape index (κ3) is 5.45. The zero-order chi connectivity index (χ0) is 21.7. The van der Waals surface area contributed by atoms with Gasteiger partial charge in [0.05, 0.1) is 30.6 Å². The van der Waals surface area contributed by atoms with E-state index in [9.17, 15) is 18.0 Å². The smallest absolute Gasteiger partial charge is 0.225 e. The zero-order valence-electron chi connectivity index (χ0n) is 16.6. The van der Waals surface area contributed by atoms with Crippen LogP contribution in [0.3, 0.4) is 0 Å². The van der Waals surface area contributed by atoms with Gasteiger partial charge in [0.1, 0.15) is 11.5 Å². The van der Waals surface area contributed by atoms with Crippen molar-refractivity contribution in [3.63, 3.8) is 0 Å². The fraction of sp³-hybridized carbons (Fsp3) is 0.300. The number of hydrogen-bond acceptors (Lipinski definition) is 7. The van der Waals surface area contributed by atoms with Crippen LogP contribution in [-0.4, -0.2) is 46.0 Å². The highest BCUT2D eigenvalue weighted by atomic mass is 32.2. The van der Waals surface area contributed by atoms with Crippen LogP contribution < -0.4 is 20.1 Å². The molecule has 1 aliphatic heterocycles. The van der Waals surface area contributed by atoms with Gasteiger partial charge in [0.2, 0.25) is 11.8 Å². The maximum atomic E-state index is 12.7. The minimum atomic E-state index is -3.71. The Labute approximate surface area is 179 Å². The van der Waals surface area contributed by atoms with Gasteiger partial charge < -0.3 is 20.1 Å². The molecule has 0 unspecified atom stereocenters. The van der Waals surface area contributed by atoms with Gasteiger partial charge in [0, 0.05) is 47.4 Å². The first-order valence-corrected chi connectivity index (χ1v) is 11.8. The van der Waals surface area contributed by atoms with E-state index in [2.05, 4.69) is 10.6 Å². The molecular formula is C20H22N2O6S2. The van der Waals surface area contributed by atoms with Crippen molar-refractivity contribution in [2.75, 3.05) is 36.4 Å². The third-order valence-corrected chi connectivity index (χ3v) is 7.19. The van der Waals surface area contributed by atoms with Crippen molar-refractivity contribution in [3.05, 3.63) is 36.4 Å². The van der Waals surface area contributed by atoms with Crippen molar-refractivity contribution in [2.45, 2.75) is 22.6 Å². The van der Waals surface area contributed by atoms with Gasteiger partial charge in [-0.15, -0.1) is 11.8 Å². The Balaban J connectivity index is 1.68. The Kier molecular flexibility index (Phi) is 6.88. The number of nitrogens with one attached hydrogen (secondary N) is 2. The first-order valence-electron chi connectivity index (χ1n) is 9.13. The van der Waals surface area contributed by atoms with Crippen LogP contribution in [0.5, 0.6) is 11.5 Å². The molecular weight excluding hydrogens is 428 g/mol. The molecule has 0 radical (unpaired) electrons. The maximum absolute atomic E-state index is 12.7. The van der Waals surface area contributed by atoms with Gasteiger partial charge in [0.25, 0.3) is 0 Å². The summed E-state index contributed by atoms with van der Waals surface area (Å²) in [7, 11) is -0.718. The summed E-state index contributed by atoms with van der Waals surface area (Å²) in [5, 5.41) is 5.38. The van der Waals surface area contributed by atoms with Gasteiger partial charge in [-0.3, -0.25) is 9.59 Å². The number of hydrogen-bond donors (Lipinski definition) is 2. The average molecular weight is 451 g/mol. The minimum Gasteiger partial charge on any atom is -0.497 e. The second-order valence-electron chi connectivity index (χ2n) is 6.52. The quantitative estimate of drug-likeness (QED) is 0.667. The second-order valence-corrected chi connectivity index (χ2v) is 9.77. The topological polar surface area (TPSA) is 111 Å². The summed E-state index contributed by atoms with van der Waals surface area (Å²) in [6.45, 7) is 0.